The van der Waals surface area contributed by atoms with Gasteiger partial charge in [-0.2, -0.15) is 9.94 Å². The molecule has 0 aliphatic heterocycles. The van der Waals surface area contributed by atoms with Crippen LogP contribution in [0.4, 0.5) is 0 Å². The van der Waals surface area contributed by atoms with Crippen molar-refractivity contribution in [2.75, 3.05) is 0 Å². The van der Waals surface area contributed by atoms with Crippen molar-refractivity contribution in [2.24, 2.45) is 0 Å². The van der Waals surface area contributed by atoms with Gasteiger partial charge in [-0.15, -0.1) is 5.10 Å². The minimum absolute atomic E-state index is 0.208. The third-order valence-corrected chi connectivity index (χ3v) is 6.29. The van der Waals surface area contributed by atoms with E-state index in [0.29, 0.717) is 17.2 Å². The molecule has 2 heterocycles. The summed E-state index contributed by atoms with van der Waals surface area (Å²) in [7, 11) is 0. The molecule has 0 amide bonds. The molecule has 178 valence electrons. The molecule has 2 N–H and O–H groups in total. The second-order valence-electron chi connectivity index (χ2n) is 8.73. The topological polar surface area (TPSA) is 117 Å². The lowest BCUT2D eigenvalue weighted by atomic mass is 9.93. The van der Waals surface area contributed by atoms with Crippen molar-refractivity contribution in [2.45, 2.75) is 26.7 Å². The van der Waals surface area contributed by atoms with Gasteiger partial charge in [0, 0.05) is 23.0 Å². The number of ether oxygens (including phenoxy) is 1. The SMILES string of the molecule is Cc1cc(-n2nc(C#N)c(=O)[nH]c2=O)cc(C)c1Oc1ccc2[nH]cc(C(C)c3ccccc3)c2c1. The summed E-state index contributed by atoms with van der Waals surface area (Å²) in [5.74, 6) is 1.55. The van der Waals surface area contributed by atoms with Crippen molar-refractivity contribution in [3.8, 4) is 23.3 Å². The van der Waals surface area contributed by atoms with Crippen LogP contribution in [0.3, 0.4) is 0 Å². The fourth-order valence-corrected chi connectivity index (χ4v) is 4.44. The van der Waals surface area contributed by atoms with Gasteiger partial charge in [-0.1, -0.05) is 37.3 Å². The van der Waals surface area contributed by atoms with Gasteiger partial charge in [-0.05, 0) is 66.4 Å². The van der Waals surface area contributed by atoms with Crippen LogP contribution in [0.25, 0.3) is 16.6 Å². The smallest absolute Gasteiger partial charge is 0.349 e. The summed E-state index contributed by atoms with van der Waals surface area (Å²) in [5.41, 5.74) is 3.50. The predicted octanol–water partition coefficient (Wildman–Crippen LogP) is 4.83. The van der Waals surface area contributed by atoms with Crippen molar-refractivity contribution < 1.29 is 4.74 Å². The zero-order valence-corrected chi connectivity index (χ0v) is 20.0. The lowest BCUT2D eigenvalue weighted by Crippen LogP contribution is -2.33. The second-order valence-corrected chi connectivity index (χ2v) is 8.73. The average molecular weight is 478 g/mol. The number of benzene rings is 3. The number of aryl methyl sites for hydroxylation is 2. The molecule has 8 nitrogen and oxygen atoms in total. The number of nitriles is 1. The van der Waals surface area contributed by atoms with Gasteiger partial charge >= 0.3 is 5.69 Å². The molecule has 0 fully saturated rings. The Morgan fingerprint density at radius 1 is 1.03 bits per heavy atom. The van der Waals surface area contributed by atoms with E-state index in [2.05, 4.69) is 34.1 Å². The summed E-state index contributed by atoms with van der Waals surface area (Å²) in [6.07, 6.45) is 2.04. The number of hydrogen-bond donors (Lipinski definition) is 2. The number of rotatable bonds is 5. The van der Waals surface area contributed by atoms with E-state index in [1.54, 1.807) is 18.2 Å². The summed E-state index contributed by atoms with van der Waals surface area (Å²) in [6.45, 7) is 5.92. The van der Waals surface area contributed by atoms with Crippen LogP contribution in [0, 0.1) is 25.2 Å². The lowest BCUT2D eigenvalue weighted by molar-refractivity contribution is 0.475. The van der Waals surface area contributed by atoms with Gasteiger partial charge in [0.25, 0.3) is 5.56 Å². The maximum Gasteiger partial charge on any atom is 0.349 e. The second kappa shape index (κ2) is 9.04. The Kier molecular flexibility index (Phi) is 5.74. The fraction of sp³-hybridized carbons (Fsp3) is 0.143. The van der Waals surface area contributed by atoms with Crippen LogP contribution in [0.1, 0.15) is 40.8 Å². The Labute approximate surface area is 206 Å². The highest BCUT2D eigenvalue weighted by molar-refractivity contribution is 5.85. The van der Waals surface area contributed by atoms with Gasteiger partial charge in [-0.25, -0.2) is 4.79 Å². The number of fused-ring (bicyclic) bond motifs is 1. The number of hydrogen-bond acceptors (Lipinski definition) is 5. The molecule has 0 radical (unpaired) electrons. The molecule has 0 saturated heterocycles. The zero-order valence-electron chi connectivity index (χ0n) is 20.0. The molecule has 2 aromatic heterocycles. The molecule has 8 heteroatoms. The quantitative estimate of drug-likeness (QED) is 0.376. The number of H-pyrrole nitrogens is 2. The van der Waals surface area contributed by atoms with E-state index in [4.69, 9.17) is 10.00 Å². The zero-order chi connectivity index (χ0) is 25.4. The van der Waals surface area contributed by atoms with Gasteiger partial charge in [0.15, 0.2) is 0 Å². The maximum atomic E-state index is 12.3. The molecular formula is C28H23N5O3. The first kappa shape index (κ1) is 22.9. The summed E-state index contributed by atoms with van der Waals surface area (Å²) in [5, 5.41) is 14.1. The van der Waals surface area contributed by atoms with Crippen molar-refractivity contribution in [1.82, 2.24) is 19.7 Å². The molecule has 1 atom stereocenters. The molecule has 0 saturated carbocycles. The minimum Gasteiger partial charge on any atom is -0.457 e. The highest BCUT2D eigenvalue weighted by atomic mass is 16.5. The van der Waals surface area contributed by atoms with Gasteiger partial charge in [0.2, 0.25) is 5.69 Å². The van der Waals surface area contributed by atoms with Crippen LogP contribution >= 0.6 is 0 Å². The number of aromatic nitrogens is 4. The Bertz CT molecular complexity index is 1730. The van der Waals surface area contributed by atoms with E-state index in [9.17, 15) is 9.59 Å². The Balaban J connectivity index is 1.50. The van der Waals surface area contributed by atoms with Crippen molar-refractivity contribution in [1.29, 1.82) is 5.26 Å². The van der Waals surface area contributed by atoms with Gasteiger partial charge in [-0.3, -0.25) is 9.78 Å². The third-order valence-electron chi connectivity index (χ3n) is 6.29. The molecule has 1 unspecified atom stereocenters. The van der Waals surface area contributed by atoms with Crippen molar-refractivity contribution >= 4 is 10.9 Å². The van der Waals surface area contributed by atoms with Crippen LogP contribution in [0.15, 0.2) is 76.4 Å². The molecule has 5 aromatic rings. The highest BCUT2D eigenvalue weighted by Crippen LogP contribution is 2.35. The summed E-state index contributed by atoms with van der Waals surface area (Å²) >= 11 is 0. The number of nitrogens with zero attached hydrogens (tertiary/aromatic N) is 3. The van der Waals surface area contributed by atoms with Crippen LogP contribution in [-0.2, 0) is 0 Å². The summed E-state index contributed by atoms with van der Waals surface area (Å²) < 4.78 is 7.32. The van der Waals surface area contributed by atoms with Crippen molar-refractivity contribution in [3.63, 3.8) is 0 Å². The Morgan fingerprint density at radius 3 is 2.44 bits per heavy atom. The molecule has 0 aliphatic carbocycles. The molecular weight excluding hydrogens is 454 g/mol. The maximum absolute atomic E-state index is 12.3. The molecule has 0 spiro atoms. The van der Waals surface area contributed by atoms with Crippen molar-refractivity contribution in [3.05, 3.63) is 116 Å². The van der Waals surface area contributed by atoms with E-state index in [1.165, 1.54) is 11.1 Å². The number of nitrogens with one attached hydrogen (secondary N) is 2. The van der Waals surface area contributed by atoms with Crippen LogP contribution in [0.2, 0.25) is 0 Å². The normalized spacial score (nSPS) is 11.8. The molecule has 36 heavy (non-hydrogen) atoms. The molecule has 0 bridgehead atoms. The lowest BCUT2D eigenvalue weighted by Gasteiger charge is -2.15. The minimum atomic E-state index is -0.812. The van der Waals surface area contributed by atoms with E-state index in [1.807, 2.05) is 56.4 Å². The van der Waals surface area contributed by atoms with Gasteiger partial charge in [0.05, 0.1) is 5.69 Å². The van der Waals surface area contributed by atoms with Gasteiger partial charge in [0.1, 0.15) is 17.6 Å². The van der Waals surface area contributed by atoms with Gasteiger partial charge < -0.3 is 9.72 Å². The highest BCUT2D eigenvalue weighted by Gasteiger charge is 2.16. The third kappa shape index (κ3) is 4.07. The monoisotopic (exact) mass is 477 g/mol. The fourth-order valence-electron chi connectivity index (χ4n) is 4.44. The van der Waals surface area contributed by atoms with E-state index >= 15 is 0 Å². The van der Waals surface area contributed by atoms with Crippen LogP contribution in [0.5, 0.6) is 11.5 Å². The van der Waals surface area contributed by atoms with E-state index in [-0.39, 0.29) is 11.6 Å². The summed E-state index contributed by atoms with van der Waals surface area (Å²) in [6, 6.07) is 21.4. The first-order chi connectivity index (χ1) is 17.4. The molecule has 5 rings (SSSR count). The summed E-state index contributed by atoms with van der Waals surface area (Å²) in [4.78, 5) is 29.5. The molecule has 0 aliphatic rings. The number of aromatic amines is 2. The largest absolute Gasteiger partial charge is 0.457 e. The molecule has 3 aromatic carbocycles. The predicted molar refractivity (Wildman–Crippen MR) is 137 cm³/mol. The first-order valence-electron chi connectivity index (χ1n) is 11.4. The average Bonchev–Trinajstić information content (AvgIpc) is 3.29. The van der Waals surface area contributed by atoms with E-state index in [0.717, 1.165) is 26.7 Å². The van der Waals surface area contributed by atoms with Crippen LogP contribution in [-0.4, -0.2) is 19.7 Å². The Hall–Kier alpha value is -4.90. The van der Waals surface area contributed by atoms with Crippen LogP contribution < -0.4 is 16.0 Å². The Morgan fingerprint density at radius 2 is 1.75 bits per heavy atom. The first-order valence-corrected chi connectivity index (χ1v) is 11.4. The van der Waals surface area contributed by atoms with E-state index < -0.39 is 11.2 Å². The standard InChI is InChI=1S/C28H23N5O3/c1-16-11-20(33-28(35)31-27(34)25(14-29)32-33)12-17(2)26(16)36-21-9-10-24-22(13-21)23(15-30-24)18(3)19-7-5-4-6-8-19/h4-13,15,18,30H,1-3H3,(H,31,34,35).